The number of hydrogen-bond acceptors (Lipinski definition) is 7. The van der Waals surface area contributed by atoms with Crippen LogP contribution in [0.3, 0.4) is 0 Å². The van der Waals surface area contributed by atoms with Crippen molar-refractivity contribution in [2.24, 2.45) is 11.7 Å². The number of carbonyl (C=O) groups is 5. The Morgan fingerprint density at radius 3 is 2.48 bits per heavy atom. The molecule has 11 nitrogen and oxygen atoms in total. The molecule has 3 aliphatic heterocycles. The van der Waals surface area contributed by atoms with Crippen LogP contribution in [0.15, 0.2) is 11.3 Å². The Bertz CT molecular complexity index is 767. The number of urea groups is 1. The van der Waals surface area contributed by atoms with Gasteiger partial charge in [0.2, 0.25) is 5.91 Å². The number of nitrogens with two attached hydrogens (primary N) is 1. The molecule has 3 rings (SSSR count). The molecule has 0 saturated carbocycles. The molecule has 1 unspecified atom stereocenters. The van der Waals surface area contributed by atoms with E-state index < -0.39 is 42.7 Å². The molecule has 2 saturated heterocycles. The van der Waals surface area contributed by atoms with Gasteiger partial charge in [-0.2, -0.15) is 0 Å². The number of carbonyl (C=O) groups excluding carboxylic acids is 5. The van der Waals surface area contributed by atoms with Gasteiger partial charge >= 0.3 is 41.7 Å². The number of aliphatic carboxylic acids is 1. The van der Waals surface area contributed by atoms with Gasteiger partial charge in [0.25, 0.3) is 5.91 Å². The molecule has 0 aromatic rings. The number of rotatable bonds is 3. The molecule has 5 amide bonds. The number of nitrogens with zero attached hydrogens (tertiary/aromatic N) is 3. The quantitative estimate of drug-likeness (QED) is 0.374. The summed E-state index contributed by atoms with van der Waals surface area (Å²) in [5.41, 5.74) is 4.88. The smallest absolute Gasteiger partial charge is 0.543 e. The number of hydrogen-bond donors (Lipinski definition) is 1. The number of carboxylic acid groups (broad SMARTS) is 1. The summed E-state index contributed by atoms with van der Waals surface area (Å²) in [6.07, 6.45) is -0.624. The number of primary amides is 1. The predicted molar refractivity (Wildman–Crippen MR) is 80.6 cm³/mol. The van der Waals surface area contributed by atoms with Gasteiger partial charge < -0.3 is 30.2 Å². The summed E-state index contributed by atoms with van der Waals surface area (Å²) < 4.78 is 4.97. The van der Waals surface area contributed by atoms with Crippen LogP contribution in [-0.4, -0.2) is 76.9 Å². The van der Waals surface area contributed by atoms with Crippen LogP contribution in [-0.2, 0) is 19.1 Å². The zero-order valence-electron chi connectivity index (χ0n) is 15.1. The van der Waals surface area contributed by atoms with Crippen LogP contribution in [0.4, 0.5) is 9.59 Å². The largest absolute Gasteiger partial charge is 1.00 e. The zero-order valence-corrected chi connectivity index (χ0v) is 17.1. The number of ether oxygens (including phenoxy) is 1. The van der Waals surface area contributed by atoms with Gasteiger partial charge in [-0.15, -0.1) is 0 Å². The van der Waals surface area contributed by atoms with Crippen LogP contribution >= 0.6 is 0 Å². The maximum atomic E-state index is 12.4. The summed E-state index contributed by atoms with van der Waals surface area (Å²) >= 11 is 0. The topological polar surface area (TPSA) is 153 Å². The monoisotopic (exact) mass is 388 g/mol. The van der Waals surface area contributed by atoms with Gasteiger partial charge in [-0.3, -0.25) is 9.59 Å². The number of piperidine rings is 1. The van der Waals surface area contributed by atoms with E-state index in [4.69, 9.17) is 10.5 Å². The van der Waals surface area contributed by atoms with E-state index in [2.05, 4.69) is 0 Å². The maximum absolute atomic E-state index is 12.4. The van der Waals surface area contributed by atoms with E-state index in [9.17, 15) is 29.1 Å². The third-order valence-electron chi connectivity index (χ3n) is 5.09. The number of likely N-dealkylation sites (tertiary alicyclic amines) is 1. The van der Waals surface area contributed by atoms with Crippen molar-refractivity contribution in [3.8, 4) is 0 Å². The van der Waals surface area contributed by atoms with Crippen LogP contribution < -0.4 is 40.4 Å². The SMILES string of the molecule is CC(=O)N1CCC2C(COC(=O)N(C)C(N)=O)=C(C(=O)[O-])N3C(=O)[C@@H]1[C@@H]23.[Na+]. The predicted octanol–water partition coefficient (Wildman–Crippen LogP) is -5.40. The van der Waals surface area contributed by atoms with E-state index in [1.165, 1.54) is 11.8 Å². The molecule has 12 heteroatoms. The van der Waals surface area contributed by atoms with Gasteiger partial charge in [-0.05, 0) is 12.0 Å². The van der Waals surface area contributed by atoms with E-state index in [0.29, 0.717) is 17.9 Å². The Kier molecular flexibility index (Phi) is 5.88. The Hall–Kier alpha value is -2.11. The molecule has 0 bridgehead atoms. The first-order chi connectivity index (χ1) is 12.2. The number of imide groups is 1. The Balaban J connectivity index is 0.00000261. The van der Waals surface area contributed by atoms with E-state index in [0.717, 1.165) is 11.9 Å². The van der Waals surface area contributed by atoms with Crippen molar-refractivity contribution in [3.63, 3.8) is 0 Å². The second-order valence-electron chi connectivity index (χ2n) is 6.36. The number of β-lactam (4-membered cyclic amide) rings is 1. The van der Waals surface area contributed by atoms with Crippen molar-refractivity contribution >= 4 is 29.9 Å². The second kappa shape index (κ2) is 7.49. The standard InChI is InChI=1S/C15H18N4O7.Na/c1-6(20)18-4-3-7-8(5-26-15(25)17(2)14(16)24)10(13(22)23)19-9(7)11(18)12(19)21;/h7,9,11H,3-5H2,1-2H3,(H2,16,24)(H,22,23);/q;+1/p-1/t7?,9-,11+;/m1./s1. The van der Waals surface area contributed by atoms with Crippen molar-refractivity contribution in [3.05, 3.63) is 11.3 Å². The summed E-state index contributed by atoms with van der Waals surface area (Å²) in [5, 5.41) is 11.6. The van der Waals surface area contributed by atoms with Crippen LogP contribution in [0.1, 0.15) is 13.3 Å². The average molecular weight is 388 g/mol. The molecule has 3 heterocycles. The molecular weight excluding hydrogens is 371 g/mol. The van der Waals surface area contributed by atoms with Gasteiger partial charge in [0.1, 0.15) is 12.6 Å². The van der Waals surface area contributed by atoms with Gasteiger partial charge in [-0.1, -0.05) is 0 Å². The van der Waals surface area contributed by atoms with E-state index in [1.54, 1.807) is 0 Å². The first kappa shape index (κ1) is 21.2. The van der Waals surface area contributed by atoms with E-state index >= 15 is 0 Å². The van der Waals surface area contributed by atoms with E-state index in [1.807, 2.05) is 0 Å². The molecule has 3 aliphatic rings. The molecular formula is C15H17N4NaO7. The molecule has 0 radical (unpaired) electrons. The summed E-state index contributed by atoms with van der Waals surface area (Å²) in [6, 6.07) is -2.25. The van der Waals surface area contributed by atoms with Crippen molar-refractivity contribution in [2.45, 2.75) is 25.4 Å². The third kappa shape index (κ3) is 3.19. The molecule has 0 spiro atoms. The molecule has 2 N–H and O–H groups in total. The minimum atomic E-state index is -1.56. The number of amides is 5. The maximum Gasteiger partial charge on any atom is 1.00 e. The van der Waals surface area contributed by atoms with Crippen LogP contribution in [0.25, 0.3) is 0 Å². The first-order valence-electron chi connectivity index (χ1n) is 7.91. The van der Waals surface area contributed by atoms with E-state index in [-0.39, 0.29) is 52.7 Å². The van der Waals surface area contributed by atoms with Crippen molar-refractivity contribution < 1.29 is 63.4 Å². The summed E-state index contributed by atoms with van der Waals surface area (Å²) in [6.45, 7) is 1.22. The van der Waals surface area contributed by atoms with Gasteiger partial charge in [0.15, 0.2) is 0 Å². The van der Waals surface area contributed by atoms with Crippen LogP contribution in [0.5, 0.6) is 0 Å². The minimum absolute atomic E-state index is 0. The average Bonchev–Trinajstić information content (AvgIpc) is 2.90. The molecule has 27 heavy (non-hydrogen) atoms. The minimum Gasteiger partial charge on any atom is -0.543 e. The Labute approximate surface area is 176 Å². The van der Waals surface area contributed by atoms with Crippen LogP contribution in [0.2, 0.25) is 0 Å². The normalized spacial score (nSPS) is 25.3. The molecule has 2 fully saturated rings. The van der Waals surface area contributed by atoms with Crippen LogP contribution in [0, 0.1) is 5.92 Å². The van der Waals surface area contributed by atoms with Crippen molar-refractivity contribution in [1.82, 2.24) is 14.7 Å². The van der Waals surface area contributed by atoms with Gasteiger partial charge in [0.05, 0.1) is 17.7 Å². The molecule has 0 aromatic heterocycles. The molecule has 3 atom stereocenters. The molecule has 0 aliphatic carbocycles. The molecule has 0 aromatic carbocycles. The first-order valence-corrected chi connectivity index (χ1v) is 7.91. The Morgan fingerprint density at radius 1 is 1.33 bits per heavy atom. The number of carboxylic acids is 1. The Morgan fingerprint density at radius 2 is 1.96 bits per heavy atom. The summed E-state index contributed by atoms with van der Waals surface area (Å²) in [4.78, 5) is 61.5. The fourth-order valence-corrected chi connectivity index (χ4v) is 3.85. The fraction of sp³-hybridized carbons (Fsp3) is 0.533. The van der Waals surface area contributed by atoms with Crippen molar-refractivity contribution in [2.75, 3.05) is 20.2 Å². The van der Waals surface area contributed by atoms with Gasteiger partial charge in [-0.25, -0.2) is 14.5 Å². The summed E-state index contributed by atoms with van der Waals surface area (Å²) in [5.74, 6) is -2.69. The zero-order chi connectivity index (χ0) is 19.3. The van der Waals surface area contributed by atoms with Gasteiger partial charge in [0, 0.05) is 26.4 Å². The third-order valence-corrected chi connectivity index (χ3v) is 5.09. The second-order valence-corrected chi connectivity index (χ2v) is 6.36. The van der Waals surface area contributed by atoms with Crippen molar-refractivity contribution in [1.29, 1.82) is 0 Å². The summed E-state index contributed by atoms with van der Waals surface area (Å²) in [7, 11) is 1.12. The molecule has 140 valence electrons. The fourth-order valence-electron chi connectivity index (χ4n) is 3.85.